The van der Waals surface area contributed by atoms with Crippen molar-refractivity contribution in [3.05, 3.63) is 45.9 Å². The molecule has 2 rings (SSSR count). The summed E-state index contributed by atoms with van der Waals surface area (Å²) >= 11 is 8.66. The van der Waals surface area contributed by atoms with Crippen molar-refractivity contribution in [2.45, 2.75) is 0 Å². The van der Waals surface area contributed by atoms with Crippen molar-refractivity contribution in [3.8, 4) is 11.8 Å². The quantitative estimate of drug-likeness (QED) is 0.846. The zero-order valence-corrected chi connectivity index (χ0v) is 10.2. The van der Waals surface area contributed by atoms with Crippen LogP contribution in [-0.4, -0.2) is 9.97 Å². The van der Waals surface area contributed by atoms with E-state index in [2.05, 4.69) is 25.9 Å². The van der Waals surface area contributed by atoms with Gasteiger partial charge in [-0.15, -0.1) is 0 Å². The van der Waals surface area contributed by atoms with Crippen molar-refractivity contribution >= 4 is 27.5 Å². The molecule has 0 unspecified atom stereocenters. The van der Waals surface area contributed by atoms with Gasteiger partial charge >= 0.3 is 6.01 Å². The average Bonchev–Trinajstić information content (AvgIpc) is 2.27. The van der Waals surface area contributed by atoms with E-state index in [0.29, 0.717) is 15.2 Å². The zero-order chi connectivity index (χ0) is 11.5. The average molecular weight is 304 g/mol. The maximum Gasteiger partial charge on any atom is 0.321 e. The van der Waals surface area contributed by atoms with Crippen LogP contribution < -0.4 is 4.74 Å². The van der Waals surface area contributed by atoms with E-state index in [1.54, 1.807) is 12.1 Å². The molecule has 0 aliphatic rings. The van der Waals surface area contributed by atoms with E-state index < -0.39 is 5.82 Å². The van der Waals surface area contributed by atoms with E-state index in [0.717, 1.165) is 0 Å². The van der Waals surface area contributed by atoms with Gasteiger partial charge in [0.05, 0.1) is 21.9 Å². The SMILES string of the molecule is Fc1cc(Oc2ncc(Cl)cn2)ccc1Br. The van der Waals surface area contributed by atoms with Crippen LogP contribution in [-0.2, 0) is 0 Å². The highest BCUT2D eigenvalue weighted by atomic mass is 79.9. The van der Waals surface area contributed by atoms with Crippen LogP contribution in [0.15, 0.2) is 35.1 Å². The van der Waals surface area contributed by atoms with Crippen molar-refractivity contribution in [2.75, 3.05) is 0 Å². The second kappa shape index (κ2) is 4.76. The van der Waals surface area contributed by atoms with Gasteiger partial charge in [0.25, 0.3) is 0 Å². The molecule has 82 valence electrons. The first-order chi connectivity index (χ1) is 7.65. The molecule has 3 nitrogen and oxygen atoms in total. The Balaban J connectivity index is 2.20. The Morgan fingerprint density at radius 1 is 1.25 bits per heavy atom. The van der Waals surface area contributed by atoms with E-state index in [4.69, 9.17) is 16.3 Å². The Bertz CT molecular complexity index is 507. The van der Waals surface area contributed by atoms with E-state index >= 15 is 0 Å². The van der Waals surface area contributed by atoms with Gasteiger partial charge in [-0.2, -0.15) is 0 Å². The summed E-state index contributed by atoms with van der Waals surface area (Å²) in [5.41, 5.74) is 0. The normalized spacial score (nSPS) is 10.2. The van der Waals surface area contributed by atoms with Gasteiger partial charge in [-0.05, 0) is 28.1 Å². The number of rotatable bonds is 2. The molecule has 0 aliphatic carbocycles. The van der Waals surface area contributed by atoms with Crippen molar-refractivity contribution < 1.29 is 9.13 Å². The fourth-order valence-electron chi connectivity index (χ4n) is 0.999. The Hall–Kier alpha value is -1.20. The fourth-order valence-corrected chi connectivity index (χ4v) is 1.34. The third-order valence-electron chi connectivity index (χ3n) is 1.70. The lowest BCUT2D eigenvalue weighted by Gasteiger charge is -2.03. The second-order valence-corrected chi connectivity index (χ2v) is 4.15. The fraction of sp³-hybridized carbons (Fsp3) is 0. The number of hydrogen-bond acceptors (Lipinski definition) is 3. The van der Waals surface area contributed by atoms with Gasteiger partial charge in [0, 0.05) is 6.07 Å². The third-order valence-corrected chi connectivity index (χ3v) is 2.54. The van der Waals surface area contributed by atoms with E-state index in [9.17, 15) is 4.39 Å². The monoisotopic (exact) mass is 302 g/mol. The Morgan fingerprint density at radius 3 is 2.56 bits per heavy atom. The number of benzene rings is 1. The summed E-state index contributed by atoms with van der Waals surface area (Å²) in [7, 11) is 0. The molecule has 16 heavy (non-hydrogen) atoms. The van der Waals surface area contributed by atoms with Crippen LogP contribution in [0.5, 0.6) is 11.8 Å². The van der Waals surface area contributed by atoms with Crippen molar-refractivity contribution in [2.24, 2.45) is 0 Å². The van der Waals surface area contributed by atoms with E-state index in [1.807, 2.05) is 0 Å². The lowest BCUT2D eigenvalue weighted by Crippen LogP contribution is -1.91. The Kier molecular flexibility index (Phi) is 3.36. The largest absolute Gasteiger partial charge is 0.424 e. The van der Waals surface area contributed by atoms with Crippen molar-refractivity contribution in [1.29, 1.82) is 0 Å². The third kappa shape index (κ3) is 2.68. The lowest BCUT2D eigenvalue weighted by atomic mass is 10.3. The van der Waals surface area contributed by atoms with Gasteiger partial charge in [-0.3, -0.25) is 0 Å². The first-order valence-electron chi connectivity index (χ1n) is 4.25. The molecule has 0 N–H and O–H groups in total. The molecule has 0 atom stereocenters. The smallest absolute Gasteiger partial charge is 0.321 e. The summed E-state index contributed by atoms with van der Waals surface area (Å²) in [6.45, 7) is 0. The highest BCUT2D eigenvalue weighted by Gasteiger charge is 2.04. The molecule has 6 heteroatoms. The minimum absolute atomic E-state index is 0.117. The lowest BCUT2D eigenvalue weighted by molar-refractivity contribution is 0.437. The molecule has 0 saturated heterocycles. The molecule has 0 saturated carbocycles. The van der Waals surface area contributed by atoms with Gasteiger partial charge in [0.15, 0.2) is 0 Å². The summed E-state index contributed by atoms with van der Waals surface area (Å²) in [4.78, 5) is 7.65. The summed E-state index contributed by atoms with van der Waals surface area (Å²) in [6, 6.07) is 4.50. The van der Waals surface area contributed by atoms with Crippen LogP contribution in [0, 0.1) is 5.82 Å². The van der Waals surface area contributed by atoms with Gasteiger partial charge in [-0.1, -0.05) is 11.6 Å². The molecule has 0 aliphatic heterocycles. The van der Waals surface area contributed by atoms with Crippen LogP contribution in [0.25, 0.3) is 0 Å². The number of halogens is 3. The maximum absolute atomic E-state index is 13.2. The molecular weight excluding hydrogens is 298 g/mol. The molecule has 0 radical (unpaired) electrons. The second-order valence-electron chi connectivity index (χ2n) is 2.86. The predicted molar refractivity (Wildman–Crippen MR) is 61.2 cm³/mol. The maximum atomic E-state index is 13.2. The van der Waals surface area contributed by atoms with Gasteiger partial charge in [0.1, 0.15) is 11.6 Å². The van der Waals surface area contributed by atoms with Gasteiger partial charge < -0.3 is 4.74 Å². The first kappa shape index (κ1) is 11.3. The number of ether oxygens (including phenoxy) is 1. The summed E-state index contributed by atoms with van der Waals surface area (Å²) in [6.07, 6.45) is 2.80. The molecule has 0 spiro atoms. The number of aromatic nitrogens is 2. The molecule has 0 bridgehead atoms. The molecule has 2 aromatic rings. The topological polar surface area (TPSA) is 35.0 Å². The first-order valence-corrected chi connectivity index (χ1v) is 5.43. The minimum atomic E-state index is -0.411. The van der Waals surface area contributed by atoms with Crippen LogP contribution in [0.2, 0.25) is 5.02 Å². The number of hydrogen-bond donors (Lipinski definition) is 0. The summed E-state index contributed by atoms with van der Waals surface area (Å²) in [5, 5.41) is 0.411. The number of nitrogens with zero attached hydrogens (tertiary/aromatic N) is 2. The highest BCUT2D eigenvalue weighted by molar-refractivity contribution is 9.10. The van der Waals surface area contributed by atoms with Crippen LogP contribution in [0.1, 0.15) is 0 Å². The Labute approximate surface area is 104 Å². The van der Waals surface area contributed by atoms with Gasteiger partial charge in [0.2, 0.25) is 0 Å². The highest BCUT2D eigenvalue weighted by Crippen LogP contribution is 2.23. The van der Waals surface area contributed by atoms with E-state index in [1.165, 1.54) is 18.5 Å². The van der Waals surface area contributed by atoms with Crippen LogP contribution in [0.3, 0.4) is 0 Å². The molecule has 0 fully saturated rings. The molecule has 1 heterocycles. The molecule has 1 aromatic carbocycles. The Morgan fingerprint density at radius 2 is 1.94 bits per heavy atom. The summed E-state index contributed by atoms with van der Waals surface area (Å²) in [5.74, 6) is -0.0884. The van der Waals surface area contributed by atoms with E-state index in [-0.39, 0.29) is 6.01 Å². The zero-order valence-electron chi connectivity index (χ0n) is 7.82. The van der Waals surface area contributed by atoms with Crippen LogP contribution >= 0.6 is 27.5 Å². The molecule has 1 aromatic heterocycles. The predicted octanol–water partition coefficient (Wildman–Crippen LogP) is 3.82. The van der Waals surface area contributed by atoms with Gasteiger partial charge in [-0.25, -0.2) is 14.4 Å². The standard InChI is InChI=1S/C10H5BrClFN2O/c11-8-2-1-7(3-9(8)13)16-10-14-4-6(12)5-15-10/h1-5H. The summed E-state index contributed by atoms with van der Waals surface area (Å²) < 4.78 is 18.8. The molecular formula is C10H5BrClFN2O. The minimum Gasteiger partial charge on any atom is -0.424 e. The molecule has 0 amide bonds. The van der Waals surface area contributed by atoms with Crippen LogP contribution in [0.4, 0.5) is 4.39 Å². The van der Waals surface area contributed by atoms with Crippen molar-refractivity contribution in [1.82, 2.24) is 9.97 Å². The van der Waals surface area contributed by atoms with Crippen molar-refractivity contribution in [3.63, 3.8) is 0 Å².